The minimum atomic E-state index is -0.989. The molecule has 1 N–H and O–H groups in total. The topological polar surface area (TPSA) is 102 Å². The van der Waals surface area contributed by atoms with Gasteiger partial charge in [0, 0.05) is 25.2 Å². The molecule has 1 fully saturated rings. The normalized spacial score (nSPS) is 16.1. The summed E-state index contributed by atoms with van der Waals surface area (Å²) in [4.78, 5) is 27.3. The number of furan rings is 1. The van der Waals surface area contributed by atoms with Gasteiger partial charge in [0.2, 0.25) is 5.91 Å². The van der Waals surface area contributed by atoms with Crippen molar-refractivity contribution in [3.63, 3.8) is 0 Å². The number of ether oxygens (including phenoxy) is 1. The average Bonchev–Trinajstić information content (AvgIpc) is 3.38. The van der Waals surface area contributed by atoms with E-state index in [2.05, 4.69) is 5.10 Å². The van der Waals surface area contributed by atoms with Crippen molar-refractivity contribution < 1.29 is 19.1 Å². The van der Waals surface area contributed by atoms with Crippen LogP contribution in [0.15, 0.2) is 58.2 Å². The van der Waals surface area contributed by atoms with Crippen LogP contribution in [0.3, 0.4) is 0 Å². The fourth-order valence-corrected chi connectivity index (χ4v) is 4.19. The van der Waals surface area contributed by atoms with Crippen molar-refractivity contribution in [3.05, 3.63) is 64.9 Å². The molecule has 31 heavy (non-hydrogen) atoms. The fourth-order valence-electron chi connectivity index (χ4n) is 4.19. The van der Waals surface area contributed by atoms with E-state index in [9.17, 15) is 14.7 Å². The molecular weight excluding hydrogens is 400 g/mol. The van der Waals surface area contributed by atoms with Gasteiger partial charge >= 0.3 is 0 Å². The van der Waals surface area contributed by atoms with E-state index in [1.807, 2.05) is 24.3 Å². The second-order valence-electron chi connectivity index (χ2n) is 7.80. The molecule has 4 aromatic rings. The Morgan fingerprint density at radius 2 is 1.94 bits per heavy atom. The summed E-state index contributed by atoms with van der Waals surface area (Å²) in [5, 5.41) is 15.2. The first-order valence-electron chi connectivity index (χ1n) is 10.1. The van der Waals surface area contributed by atoms with Gasteiger partial charge < -0.3 is 19.2 Å². The van der Waals surface area contributed by atoms with Gasteiger partial charge in [-0.2, -0.15) is 5.10 Å². The zero-order valence-corrected chi connectivity index (χ0v) is 17.0. The highest BCUT2D eigenvalue weighted by Gasteiger charge is 2.35. The molecule has 0 spiro atoms. The van der Waals surface area contributed by atoms with Crippen molar-refractivity contribution in [2.45, 2.75) is 25.0 Å². The maximum atomic E-state index is 12.8. The van der Waals surface area contributed by atoms with Crippen LogP contribution in [-0.2, 0) is 16.9 Å². The number of amides is 1. The Kier molecular flexibility index (Phi) is 4.55. The van der Waals surface area contributed by atoms with Gasteiger partial charge in [0.15, 0.2) is 5.58 Å². The van der Waals surface area contributed by atoms with Gasteiger partial charge in [-0.15, -0.1) is 0 Å². The summed E-state index contributed by atoms with van der Waals surface area (Å²) in [5.41, 5.74) is 1.22. The third-order valence-electron chi connectivity index (χ3n) is 6.08. The maximum Gasteiger partial charge on any atom is 0.291 e. The molecule has 0 aliphatic carbocycles. The number of fused-ring (bicyclic) bond motifs is 3. The van der Waals surface area contributed by atoms with E-state index in [4.69, 9.17) is 9.15 Å². The van der Waals surface area contributed by atoms with Crippen LogP contribution in [0.4, 0.5) is 0 Å². The zero-order chi connectivity index (χ0) is 21.6. The number of rotatable bonds is 4. The van der Waals surface area contributed by atoms with Crippen LogP contribution in [0.5, 0.6) is 5.75 Å². The highest BCUT2D eigenvalue weighted by atomic mass is 16.5. The Morgan fingerprint density at radius 1 is 1.19 bits per heavy atom. The number of carbonyl (C=O) groups excluding carboxylic acids is 1. The van der Waals surface area contributed by atoms with E-state index in [-0.39, 0.29) is 18.0 Å². The Labute approximate surface area is 177 Å². The van der Waals surface area contributed by atoms with E-state index in [1.54, 1.807) is 34.8 Å². The number of nitrogens with zero attached hydrogens (tertiary/aromatic N) is 4. The standard InChI is InChI=1S/C22H22N4O5/c1-30-16-4-2-15(3-5-16)22(29)7-9-24(10-8-22)20(27)13-26-21(28)18-12-19-17(6-11-31-19)25(18)14-23-26/h2-6,11-12,14,29H,7-10,13H2,1H3. The molecule has 1 saturated heterocycles. The largest absolute Gasteiger partial charge is 0.497 e. The van der Waals surface area contributed by atoms with Gasteiger partial charge in [-0.3, -0.25) is 14.0 Å². The van der Waals surface area contributed by atoms with Crippen LogP contribution in [0.2, 0.25) is 0 Å². The lowest BCUT2D eigenvalue weighted by molar-refractivity contribution is -0.136. The van der Waals surface area contributed by atoms with Gasteiger partial charge in [-0.1, -0.05) is 12.1 Å². The van der Waals surface area contributed by atoms with Crippen molar-refractivity contribution >= 4 is 22.5 Å². The smallest absolute Gasteiger partial charge is 0.291 e. The minimum absolute atomic E-state index is 0.150. The molecule has 4 heterocycles. The molecule has 0 atom stereocenters. The van der Waals surface area contributed by atoms with Crippen LogP contribution in [0.1, 0.15) is 18.4 Å². The molecule has 3 aromatic heterocycles. The molecule has 0 saturated carbocycles. The van der Waals surface area contributed by atoms with E-state index in [0.717, 1.165) is 16.8 Å². The molecule has 9 nitrogen and oxygen atoms in total. The number of aromatic nitrogens is 3. The quantitative estimate of drug-likeness (QED) is 0.538. The molecular formula is C22H22N4O5. The monoisotopic (exact) mass is 422 g/mol. The SMILES string of the molecule is COc1ccc(C2(O)CCN(C(=O)Cn3ncn4c(cc5occc54)c3=O)CC2)cc1. The summed E-state index contributed by atoms with van der Waals surface area (Å²) in [6.07, 6.45) is 3.90. The molecule has 0 unspecified atom stereocenters. The summed E-state index contributed by atoms with van der Waals surface area (Å²) < 4.78 is 13.3. The first-order chi connectivity index (χ1) is 15.0. The molecule has 1 aromatic carbocycles. The summed E-state index contributed by atoms with van der Waals surface area (Å²) in [6.45, 7) is 0.648. The number of hydrogen-bond acceptors (Lipinski definition) is 6. The lowest BCUT2D eigenvalue weighted by Gasteiger charge is -2.38. The van der Waals surface area contributed by atoms with Gasteiger partial charge in [-0.25, -0.2) is 4.68 Å². The second kappa shape index (κ2) is 7.28. The number of hydrogen-bond donors (Lipinski definition) is 1. The van der Waals surface area contributed by atoms with Crippen molar-refractivity contribution in [3.8, 4) is 5.75 Å². The van der Waals surface area contributed by atoms with Crippen LogP contribution in [0, 0.1) is 0 Å². The van der Waals surface area contributed by atoms with Crippen molar-refractivity contribution in [1.82, 2.24) is 19.1 Å². The lowest BCUT2D eigenvalue weighted by Crippen LogP contribution is -2.47. The summed E-state index contributed by atoms with van der Waals surface area (Å²) in [7, 11) is 1.60. The molecule has 9 heteroatoms. The zero-order valence-electron chi connectivity index (χ0n) is 17.0. The number of carbonyl (C=O) groups is 1. The Balaban J connectivity index is 1.29. The number of aliphatic hydroxyl groups is 1. The number of likely N-dealkylation sites (tertiary alicyclic amines) is 1. The minimum Gasteiger partial charge on any atom is -0.497 e. The Morgan fingerprint density at radius 3 is 2.65 bits per heavy atom. The second-order valence-corrected chi connectivity index (χ2v) is 7.80. The Hall–Kier alpha value is -3.59. The number of piperidine rings is 1. The molecule has 160 valence electrons. The third-order valence-corrected chi connectivity index (χ3v) is 6.08. The fraction of sp³-hybridized carbons (Fsp3) is 0.318. The molecule has 0 bridgehead atoms. The number of benzene rings is 1. The van der Waals surface area contributed by atoms with Crippen LogP contribution >= 0.6 is 0 Å². The van der Waals surface area contributed by atoms with Gasteiger partial charge in [0.1, 0.15) is 24.1 Å². The highest BCUT2D eigenvalue weighted by molar-refractivity contribution is 5.82. The van der Waals surface area contributed by atoms with Crippen molar-refractivity contribution in [2.24, 2.45) is 0 Å². The highest BCUT2D eigenvalue weighted by Crippen LogP contribution is 2.33. The van der Waals surface area contributed by atoms with Crippen molar-refractivity contribution in [2.75, 3.05) is 20.2 Å². The maximum absolute atomic E-state index is 12.8. The van der Waals surface area contributed by atoms with E-state index < -0.39 is 5.60 Å². The molecule has 0 radical (unpaired) electrons. The molecule has 1 aliphatic rings. The van der Waals surface area contributed by atoms with Gasteiger partial charge in [-0.05, 0) is 30.5 Å². The summed E-state index contributed by atoms with van der Waals surface area (Å²) in [5.74, 6) is 0.525. The van der Waals surface area contributed by atoms with Crippen molar-refractivity contribution in [1.29, 1.82) is 0 Å². The summed E-state index contributed by atoms with van der Waals surface area (Å²) in [6, 6.07) is 10.7. The van der Waals surface area contributed by atoms with E-state index in [0.29, 0.717) is 37.0 Å². The third kappa shape index (κ3) is 3.27. The van der Waals surface area contributed by atoms with Crippen LogP contribution in [-0.4, -0.2) is 50.3 Å². The van der Waals surface area contributed by atoms with Gasteiger partial charge in [0.25, 0.3) is 5.56 Å². The first kappa shape index (κ1) is 19.4. The summed E-state index contributed by atoms with van der Waals surface area (Å²) >= 11 is 0. The number of methoxy groups -OCH3 is 1. The van der Waals surface area contributed by atoms with E-state index >= 15 is 0 Å². The average molecular weight is 422 g/mol. The molecule has 1 amide bonds. The molecule has 5 rings (SSSR count). The lowest BCUT2D eigenvalue weighted by atomic mass is 9.84. The molecule has 1 aliphatic heterocycles. The Bertz CT molecular complexity index is 1310. The predicted octanol–water partition coefficient (Wildman–Crippen LogP) is 1.76. The van der Waals surface area contributed by atoms with Gasteiger partial charge in [0.05, 0.1) is 24.5 Å². The van der Waals surface area contributed by atoms with Crippen LogP contribution < -0.4 is 10.3 Å². The predicted molar refractivity (Wildman–Crippen MR) is 112 cm³/mol. The van der Waals surface area contributed by atoms with Crippen LogP contribution in [0.25, 0.3) is 16.6 Å². The first-order valence-corrected chi connectivity index (χ1v) is 10.1. The van der Waals surface area contributed by atoms with E-state index in [1.165, 1.54) is 11.0 Å².